The lowest BCUT2D eigenvalue weighted by molar-refractivity contribution is -0.128. The molecule has 0 bridgehead atoms. The number of amides is 2. The average molecular weight is 396 g/mol. The van der Waals surface area contributed by atoms with E-state index in [1.54, 1.807) is 18.7 Å². The van der Waals surface area contributed by atoms with Gasteiger partial charge in [-0.2, -0.15) is 0 Å². The van der Waals surface area contributed by atoms with Crippen LogP contribution in [0.1, 0.15) is 26.7 Å². The second kappa shape index (κ2) is 9.96. The third-order valence-electron chi connectivity index (χ3n) is 5.01. The molecule has 6 nitrogen and oxygen atoms in total. The van der Waals surface area contributed by atoms with Gasteiger partial charge in [0.05, 0.1) is 6.61 Å². The molecule has 154 valence electrons. The molecule has 1 heterocycles. The molecule has 2 aromatic carbocycles. The zero-order chi connectivity index (χ0) is 20.6. The summed E-state index contributed by atoms with van der Waals surface area (Å²) in [4.78, 5) is 25.9. The van der Waals surface area contributed by atoms with Crippen molar-refractivity contribution in [1.29, 1.82) is 0 Å². The summed E-state index contributed by atoms with van der Waals surface area (Å²) < 4.78 is 10.8. The number of ether oxygens (including phenoxy) is 2. The Bertz CT molecular complexity index is 799. The molecule has 1 atom stereocenters. The zero-order valence-electron chi connectivity index (χ0n) is 17.0. The van der Waals surface area contributed by atoms with E-state index >= 15 is 0 Å². The lowest BCUT2D eigenvalue weighted by Crippen LogP contribution is -2.49. The van der Waals surface area contributed by atoms with Gasteiger partial charge in [0.1, 0.15) is 5.75 Å². The Balaban J connectivity index is 1.47. The van der Waals surface area contributed by atoms with Crippen LogP contribution in [0.15, 0.2) is 54.6 Å². The lowest BCUT2D eigenvalue weighted by Gasteiger charge is -2.32. The Kier molecular flexibility index (Phi) is 7.11. The van der Waals surface area contributed by atoms with Crippen LogP contribution in [-0.2, 0) is 9.53 Å². The first-order chi connectivity index (χ1) is 14.1. The third-order valence-corrected chi connectivity index (χ3v) is 5.01. The van der Waals surface area contributed by atoms with Crippen LogP contribution in [0.5, 0.6) is 5.75 Å². The molecule has 0 aliphatic carbocycles. The zero-order valence-corrected chi connectivity index (χ0v) is 17.0. The maximum absolute atomic E-state index is 12.5. The van der Waals surface area contributed by atoms with Crippen molar-refractivity contribution in [3.8, 4) is 16.9 Å². The molecule has 1 fully saturated rings. The number of carbonyl (C=O) groups excluding carboxylic acids is 2. The number of likely N-dealkylation sites (tertiary alicyclic amines) is 1. The Labute approximate surface area is 171 Å². The Morgan fingerprint density at radius 1 is 1.03 bits per heavy atom. The fraction of sp³-hybridized carbons (Fsp3) is 0.391. The highest BCUT2D eigenvalue weighted by Gasteiger charge is 2.26. The number of nitrogens with zero attached hydrogens (tertiary/aromatic N) is 1. The summed E-state index contributed by atoms with van der Waals surface area (Å²) in [6.07, 6.45) is 0.542. The van der Waals surface area contributed by atoms with Gasteiger partial charge in [-0.05, 0) is 49.9 Å². The molecular weight excluding hydrogens is 368 g/mol. The van der Waals surface area contributed by atoms with Crippen molar-refractivity contribution in [3.05, 3.63) is 54.6 Å². The topological polar surface area (TPSA) is 67.9 Å². The minimum Gasteiger partial charge on any atom is -0.481 e. The van der Waals surface area contributed by atoms with Crippen LogP contribution in [-0.4, -0.2) is 48.7 Å². The summed E-state index contributed by atoms with van der Waals surface area (Å²) in [5, 5.41) is 3.02. The maximum Gasteiger partial charge on any atom is 0.409 e. The van der Waals surface area contributed by atoms with Crippen molar-refractivity contribution in [1.82, 2.24) is 10.2 Å². The van der Waals surface area contributed by atoms with Gasteiger partial charge in [0, 0.05) is 19.1 Å². The fourth-order valence-electron chi connectivity index (χ4n) is 3.35. The molecular formula is C23H28N2O4. The van der Waals surface area contributed by atoms with Crippen molar-refractivity contribution in [2.45, 2.75) is 38.8 Å². The molecule has 1 N–H and O–H groups in total. The minimum absolute atomic E-state index is 0.0414. The molecule has 0 aromatic heterocycles. The molecule has 1 aliphatic heterocycles. The van der Waals surface area contributed by atoms with Crippen molar-refractivity contribution >= 4 is 12.0 Å². The fourth-order valence-corrected chi connectivity index (χ4v) is 3.35. The van der Waals surface area contributed by atoms with Crippen LogP contribution < -0.4 is 10.1 Å². The Hall–Kier alpha value is -3.02. The van der Waals surface area contributed by atoms with Crippen LogP contribution in [0.25, 0.3) is 11.1 Å². The number of piperidine rings is 1. The largest absolute Gasteiger partial charge is 0.481 e. The number of hydrogen-bond acceptors (Lipinski definition) is 4. The highest BCUT2D eigenvalue weighted by Crippen LogP contribution is 2.22. The van der Waals surface area contributed by atoms with Crippen molar-refractivity contribution in [2.24, 2.45) is 0 Å². The van der Waals surface area contributed by atoms with E-state index in [0.717, 1.165) is 11.1 Å². The third kappa shape index (κ3) is 5.73. The molecule has 2 amide bonds. The molecule has 0 saturated carbocycles. The van der Waals surface area contributed by atoms with E-state index in [1.807, 2.05) is 42.5 Å². The van der Waals surface area contributed by atoms with E-state index in [-0.39, 0.29) is 18.0 Å². The monoisotopic (exact) mass is 396 g/mol. The summed E-state index contributed by atoms with van der Waals surface area (Å²) in [5.74, 6) is 0.510. The molecule has 2 aromatic rings. The van der Waals surface area contributed by atoms with Gasteiger partial charge >= 0.3 is 6.09 Å². The first-order valence-corrected chi connectivity index (χ1v) is 10.1. The van der Waals surface area contributed by atoms with Gasteiger partial charge in [0.25, 0.3) is 5.91 Å². The summed E-state index contributed by atoms with van der Waals surface area (Å²) in [7, 11) is 0. The Morgan fingerprint density at radius 2 is 1.66 bits per heavy atom. The van der Waals surface area contributed by atoms with Gasteiger partial charge in [0.15, 0.2) is 6.10 Å². The van der Waals surface area contributed by atoms with Gasteiger partial charge in [-0.1, -0.05) is 42.5 Å². The van der Waals surface area contributed by atoms with Crippen LogP contribution in [0.4, 0.5) is 4.79 Å². The van der Waals surface area contributed by atoms with Crippen molar-refractivity contribution in [2.75, 3.05) is 19.7 Å². The standard InChI is InChI=1S/C23H28N2O4/c1-3-28-23(27)25-15-13-20(14-16-25)24-22(26)17(2)29-21-11-9-19(10-12-21)18-7-5-4-6-8-18/h4-12,17,20H,3,13-16H2,1-2H3,(H,24,26). The van der Waals surface area contributed by atoms with Crippen LogP contribution >= 0.6 is 0 Å². The van der Waals surface area contributed by atoms with E-state index in [9.17, 15) is 9.59 Å². The summed E-state index contributed by atoms with van der Waals surface area (Å²) in [6, 6.07) is 17.9. The SMILES string of the molecule is CCOC(=O)N1CCC(NC(=O)C(C)Oc2ccc(-c3ccccc3)cc2)CC1. The number of hydrogen-bond donors (Lipinski definition) is 1. The molecule has 0 radical (unpaired) electrons. The quantitative estimate of drug-likeness (QED) is 0.805. The molecule has 1 aliphatic rings. The molecule has 1 unspecified atom stereocenters. The van der Waals surface area contributed by atoms with E-state index in [4.69, 9.17) is 9.47 Å². The first-order valence-electron chi connectivity index (χ1n) is 10.1. The van der Waals surface area contributed by atoms with Crippen molar-refractivity contribution < 1.29 is 19.1 Å². The summed E-state index contributed by atoms with van der Waals surface area (Å²) in [6.45, 7) is 5.08. The number of benzene rings is 2. The summed E-state index contributed by atoms with van der Waals surface area (Å²) in [5.41, 5.74) is 2.24. The second-order valence-corrected chi connectivity index (χ2v) is 7.12. The molecule has 6 heteroatoms. The average Bonchev–Trinajstić information content (AvgIpc) is 2.75. The highest BCUT2D eigenvalue weighted by atomic mass is 16.6. The van der Waals surface area contributed by atoms with Gasteiger partial charge in [0.2, 0.25) is 0 Å². The second-order valence-electron chi connectivity index (χ2n) is 7.12. The molecule has 3 rings (SSSR count). The number of nitrogens with one attached hydrogen (secondary N) is 1. The van der Waals surface area contributed by atoms with Crippen LogP contribution in [0.3, 0.4) is 0 Å². The van der Waals surface area contributed by atoms with E-state index in [1.165, 1.54) is 0 Å². The molecule has 29 heavy (non-hydrogen) atoms. The minimum atomic E-state index is -0.597. The first kappa shape index (κ1) is 20.7. The Morgan fingerprint density at radius 3 is 2.28 bits per heavy atom. The predicted molar refractivity (Wildman–Crippen MR) is 112 cm³/mol. The normalized spacial score (nSPS) is 15.4. The molecule has 0 spiro atoms. The van der Waals surface area contributed by atoms with Crippen LogP contribution in [0, 0.1) is 0 Å². The van der Waals surface area contributed by atoms with E-state index in [0.29, 0.717) is 38.3 Å². The smallest absolute Gasteiger partial charge is 0.409 e. The van der Waals surface area contributed by atoms with E-state index < -0.39 is 6.10 Å². The van der Waals surface area contributed by atoms with E-state index in [2.05, 4.69) is 17.4 Å². The lowest BCUT2D eigenvalue weighted by atomic mass is 10.1. The van der Waals surface area contributed by atoms with Gasteiger partial charge in [-0.15, -0.1) is 0 Å². The van der Waals surface area contributed by atoms with Gasteiger partial charge < -0.3 is 19.7 Å². The number of carbonyl (C=O) groups is 2. The highest BCUT2D eigenvalue weighted by molar-refractivity contribution is 5.81. The van der Waals surface area contributed by atoms with Crippen molar-refractivity contribution in [3.63, 3.8) is 0 Å². The van der Waals surface area contributed by atoms with Gasteiger partial charge in [-0.3, -0.25) is 4.79 Å². The number of rotatable bonds is 6. The maximum atomic E-state index is 12.5. The summed E-state index contributed by atoms with van der Waals surface area (Å²) >= 11 is 0. The molecule has 1 saturated heterocycles. The van der Waals surface area contributed by atoms with Crippen LogP contribution in [0.2, 0.25) is 0 Å². The van der Waals surface area contributed by atoms with Gasteiger partial charge in [-0.25, -0.2) is 4.79 Å². The predicted octanol–water partition coefficient (Wildman–Crippen LogP) is 3.86.